The number of nitrogens with one attached hydrogen (secondary N) is 2. The van der Waals surface area contributed by atoms with Crippen LogP contribution in [0.25, 0.3) is 0 Å². The quantitative estimate of drug-likeness (QED) is 0.515. The summed E-state index contributed by atoms with van der Waals surface area (Å²) >= 11 is 0. The Labute approximate surface area is 93.2 Å². The first-order valence-corrected chi connectivity index (χ1v) is 4.28. The Kier molecular flexibility index (Phi) is 5.26. The van der Waals surface area contributed by atoms with Crippen LogP contribution in [0.15, 0.2) is 37.5 Å². The first-order valence-electron chi connectivity index (χ1n) is 4.28. The Morgan fingerprint density at radius 2 is 1.69 bits per heavy atom. The van der Waals surface area contributed by atoms with E-state index in [2.05, 4.69) is 30.6 Å². The van der Waals surface area contributed by atoms with Crippen LogP contribution in [0.2, 0.25) is 0 Å². The van der Waals surface area contributed by atoms with Gasteiger partial charge in [0, 0.05) is 5.57 Å². The number of carbonyl (C=O) groups is 3. The third-order valence-electron chi connectivity index (χ3n) is 1.40. The summed E-state index contributed by atoms with van der Waals surface area (Å²) in [5.41, 5.74) is 4.40. The molecule has 3 amide bonds. The number of hydrogen-bond donors (Lipinski definition) is 2. The van der Waals surface area contributed by atoms with Crippen LogP contribution >= 0.6 is 0 Å². The maximum atomic E-state index is 11.2. The van der Waals surface area contributed by atoms with Gasteiger partial charge in [-0.15, -0.1) is 0 Å². The van der Waals surface area contributed by atoms with Crippen LogP contribution < -0.4 is 10.9 Å². The lowest BCUT2D eigenvalue weighted by atomic mass is 10.3. The molecule has 16 heavy (non-hydrogen) atoms. The smallest absolute Gasteiger partial charge is 0.268 e. The van der Waals surface area contributed by atoms with Crippen molar-refractivity contribution in [2.45, 2.75) is 6.92 Å². The Bertz CT molecular complexity index is 360. The van der Waals surface area contributed by atoms with Gasteiger partial charge in [-0.3, -0.25) is 14.4 Å². The van der Waals surface area contributed by atoms with Crippen molar-refractivity contribution < 1.29 is 14.4 Å². The standard InChI is InChI=1S/C10H13N3O3/c1-5-8(14)11-13(9(15)6-2)12-10(16)7(3)4/h5-6H,1-3H2,4H3,(H,11,14)(H,12,16). The highest BCUT2D eigenvalue weighted by atomic mass is 16.2. The fourth-order valence-corrected chi connectivity index (χ4v) is 0.582. The Balaban J connectivity index is 4.68. The molecule has 0 saturated heterocycles. The van der Waals surface area contributed by atoms with Gasteiger partial charge < -0.3 is 0 Å². The zero-order chi connectivity index (χ0) is 12.7. The van der Waals surface area contributed by atoms with Crippen molar-refractivity contribution in [1.29, 1.82) is 0 Å². The lowest BCUT2D eigenvalue weighted by Gasteiger charge is -2.21. The van der Waals surface area contributed by atoms with E-state index < -0.39 is 17.7 Å². The van der Waals surface area contributed by atoms with E-state index in [-0.39, 0.29) is 5.57 Å². The van der Waals surface area contributed by atoms with Gasteiger partial charge >= 0.3 is 0 Å². The predicted octanol–water partition coefficient (Wildman–Crippen LogP) is -0.175. The van der Waals surface area contributed by atoms with Crippen molar-refractivity contribution >= 4 is 17.7 Å². The van der Waals surface area contributed by atoms with E-state index in [4.69, 9.17) is 0 Å². The van der Waals surface area contributed by atoms with Gasteiger partial charge in [-0.05, 0) is 19.1 Å². The van der Waals surface area contributed by atoms with Crippen molar-refractivity contribution in [2.24, 2.45) is 0 Å². The van der Waals surface area contributed by atoms with E-state index >= 15 is 0 Å². The molecule has 0 fully saturated rings. The summed E-state index contributed by atoms with van der Waals surface area (Å²) in [5.74, 6) is -1.93. The average Bonchev–Trinajstić information content (AvgIpc) is 2.26. The molecule has 0 aliphatic carbocycles. The summed E-state index contributed by atoms with van der Waals surface area (Å²) in [6, 6.07) is 0. The van der Waals surface area contributed by atoms with Crippen LogP contribution in [0, 0.1) is 0 Å². The van der Waals surface area contributed by atoms with Crippen molar-refractivity contribution in [3.05, 3.63) is 37.5 Å². The summed E-state index contributed by atoms with van der Waals surface area (Å²) in [5, 5.41) is 0.605. The van der Waals surface area contributed by atoms with E-state index in [1.165, 1.54) is 6.92 Å². The molecule has 0 unspecified atom stereocenters. The van der Waals surface area contributed by atoms with Crippen molar-refractivity contribution in [1.82, 2.24) is 16.0 Å². The minimum atomic E-state index is -0.690. The van der Waals surface area contributed by atoms with Gasteiger partial charge in [0.2, 0.25) is 0 Å². The van der Waals surface area contributed by atoms with Crippen LogP contribution in [-0.4, -0.2) is 22.8 Å². The van der Waals surface area contributed by atoms with Crippen molar-refractivity contribution in [2.75, 3.05) is 0 Å². The Morgan fingerprint density at radius 3 is 2.06 bits per heavy atom. The second kappa shape index (κ2) is 6.18. The summed E-state index contributed by atoms with van der Waals surface area (Å²) in [4.78, 5) is 33.4. The summed E-state index contributed by atoms with van der Waals surface area (Å²) < 4.78 is 0. The third kappa shape index (κ3) is 4.23. The predicted molar refractivity (Wildman–Crippen MR) is 58.3 cm³/mol. The molecule has 0 saturated carbocycles. The largest absolute Gasteiger partial charge is 0.283 e. The fourth-order valence-electron chi connectivity index (χ4n) is 0.582. The highest BCUT2D eigenvalue weighted by molar-refractivity contribution is 5.97. The van der Waals surface area contributed by atoms with Gasteiger partial charge in [0.05, 0.1) is 0 Å². The highest BCUT2D eigenvalue weighted by Crippen LogP contribution is 1.89. The zero-order valence-corrected chi connectivity index (χ0v) is 8.95. The second-order valence-corrected chi connectivity index (χ2v) is 2.78. The van der Waals surface area contributed by atoms with Gasteiger partial charge in [-0.1, -0.05) is 19.7 Å². The summed E-state index contributed by atoms with van der Waals surface area (Å²) in [7, 11) is 0. The second-order valence-electron chi connectivity index (χ2n) is 2.78. The van der Waals surface area contributed by atoms with Gasteiger partial charge in [0.25, 0.3) is 17.7 Å². The van der Waals surface area contributed by atoms with Crippen LogP contribution in [-0.2, 0) is 14.4 Å². The maximum absolute atomic E-state index is 11.2. The molecule has 0 aromatic carbocycles. The molecule has 86 valence electrons. The van der Waals surface area contributed by atoms with Gasteiger partial charge in [0.15, 0.2) is 0 Å². The fraction of sp³-hybridized carbons (Fsp3) is 0.100. The molecule has 0 aromatic heterocycles. The number of hydrogen-bond acceptors (Lipinski definition) is 3. The molecule has 0 radical (unpaired) electrons. The molecule has 0 bridgehead atoms. The topological polar surface area (TPSA) is 78.5 Å². The molecule has 0 spiro atoms. The lowest BCUT2D eigenvalue weighted by molar-refractivity contribution is -0.144. The Morgan fingerprint density at radius 1 is 1.12 bits per heavy atom. The highest BCUT2D eigenvalue weighted by Gasteiger charge is 2.15. The average molecular weight is 223 g/mol. The molecular weight excluding hydrogens is 210 g/mol. The molecule has 0 aromatic rings. The van der Waals surface area contributed by atoms with Crippen LogP contribution in [0.1, 0.15) is 6.92 Å². The first kappa shape index (κ1) is 13.6. The number of nitrogens with zero attached hydrogens (tertiary/aromatic N) is 1. The van der Waals surface area contributed by atoms with Crippen LogP contribution in [0.3, 0.4) is 0 Å². The van der Waals surface area contributed by atoms with E-state index in [1.807, 2.05) is 0 Å². The van der Waals surface area contributed by atoms with E-state index in [0.717, 1.165) is 12.2 Å². The summed E-state index contributed by atoms with van der Waals surface area (Å²) in [6.07, 6.45) is 1.89. The summed E-state index contributed by atoms with van der Waals surface area (Å²) in [6.45, 7) is 11.3. The molecule has 0 rings (SSSR count). The normalized spacial score (nSPS) is 8.56. The number of hydrazine groups is 2. The monoisotopic (exact) mass is 223 g/mol. The maximum Gasteiger partial charge on any atom is 0.283 e. The first-order chi connectivity index (χ1) is 7.42. The molecular formula is C10H13N3O3. The van der Waals surface area contributed by atoms with Crippen LogP contribution in [0.5, 0.6) is 0 Å². The van der Waals surface area contributed by atoms with E-state index in [1.54, 1.807) is 0 Å². The van der Waals surface area contributed by atoms with Crippen molar-refractivity contribution in [3.8, 4) is 0 Å². The minimum absolute atomic E-state index is 0.190. The van der Waals surface area contributed by atoms with E-state index in [0.29, 0.717) is 5.12 Å². The lowest BCUT2D eigenvalue weighted by Crippen LogP contribution is -2.55. The van der Waals surface area contributed by atoms with Gasteiger partial charge in [-0.2, -0.15) is 5.12 Å². The molecule has 6 nitrogen and oxygen atoms in total. The number of amides is 3. The molecule has 2 N–H and O–H groups in total. The molecule has 0 aliphatic rings. The van der Waals surface area contributed by atoms with Gasteiger partial charge in [0.1, 0.15) is 0 Å². The van der Waals surface area contributed by atoms with Gasteiger partial charge in [-0.25, -0.2) is 10.9 Å². The zero-order valence-electron chi connectivity index (χ0n) is 8.95. The van der Waals surface area contributed by atoms with Crippen LogP contribution in [0.4, 0.5) is 0 Å². The van der Waals surface area contributed by atoms with Crippen molar-refractivity contribution in [3.63, 3.8) is 0 Å². The minimum Gasteiger partial charge on any atom is -0.268 e. The van der Waals surface area contributed by atoms with E-state index in [9.17, 15) is 14.4 Å². The molecule has 0 heterocycles. The molecule has 0 atom stereocenters. The molecule has 6 heteroatoms. The number of rotatable bonds is 3. The molecule has 0 aliphatic heterocycles. The Hall–Kier alpha value is -2.37. The third-order valence-corrected chi connectivity index (χ3v) is 1.40. The number of carbonyl (C=O) groups excluding carboxylic acids is 3. The SMILES string of the molecule is C=CC(=O)NN(NC(=O)C(=C)C)C(=O)C=C.